The lowest BCUT2D eigenvalue weighted by Gasteiger charge is -2.16. The average Bonchev–Trinajstić information content (AvgIpc) is 3.02. The van der Waals surface area contributed by atoms with Crippen LogP contribution in [-0.4, -0.2) is 34.0 Å². The molecule has 0 spiro atoms. The number of nitrogens with zero attached hydrogens (tertiary/aromatic N) is 3. The van der Waals surface area contributed by atoms with Crippen molar-refractivity contribution in [3.05, 3.63) is 36.0 Å². The predicted molar refractivity (Wildman–Crippen MR) is 105 cm³/mol. The van der Waals surface area contributed by atoms with E-state index in [2.05, 4.69) is 24.3 Å². The highest BCUT2D eigenvalue weighted by Crippen LogP contribution is 2.33. The minimum Gasteiger partial charge on any atom is -0.496 e. The van der Waals surface area contributed by atoms with Gasteiger partial charge in [0.2, 0.25) is 0 Å². The van der Waals surface area contributed by atoms with E-state index in [0.29, 0.717) is 11.9 Å². The van der Waals surface area contributed by atoms with Gasteiger partial charge in [-0.15, -0.1) is 5.10 Å². The number of rotatable bonds is 6. The second-order valence-electron chi connectivity index (χ2n) is 6.88. The molecule has 0 unspecified atom stereocenters. The molecule has 6 nitrogen and oxygen atoms in total. The van der Waals surface area contributed by atoms with Gasteiger partial charge in [0.1, 0.15) is 17.3 Å². The Labute approximate surface area is 154 Å². The van der Waals surface area contributed by atoms with Crippen molar-refractivity contribution in [1.82, 2.24) is 14.8 Å². The Morgan fingerprint density at radius 2 is 1.85 bits per heavy atom. The Hall–Kier alpha value is -2.76. The van der Waals surface area contributed by atoms with E-state index >= 15 is 0 Å². The van der Waals surface area contributed by atoms with Crippen LogP contribution in [0.2, 0.25) is 0 Å². The van der Waals surface area contributed by atoms with Crippen molar-refractivity contribution < 1.29 is 9.47 Å². The van der Waals surface area contributed by atoms with Crippen molar-refractivity contribution in [3.63, 3.8) is 0 Å². The van der Waals surface area contributed by atoms with Gasteiger partial charge in [0.25, 0.3) is 0 Å². The van der Waals surface area contributed by atoms with Crippen LogP contribution in [-0.2, 0) is 0 Å². The van der Waals surface area contributed by atoms with Crippen LogP contribution in [0.25, 0.3) is 16.7 Å². The zero-order valence-corrected chi connectivity index (χ0v) is 16.2. The molecule has 0 saturated heterocycles. The van der Waals surface area contributed by atoms with Crippen LogP contribution >= 0.6 is 0 Å². The number of hydrogen-bond acceptors (Lipinski definition) is 5. The molecule has 1 N–H and O–H groups in total. The van der Waals surface area contributed by atoms with Crippen molar-refractivity contribution in [2.24, 2.45) is 0 Å². The first kappa shape index (κ1) is 18.0. The van der Waals surface area contributed by atoms with E-state index < -0.39 is 0 Å². The third kappa shape index (κ3) is 3.59. The molecule has 0 radical (unpaired) electrons. The third-order valence-corrected chi connectivity index (χ3v) is 3.98. The van der Waals surface area contributed by atoms with E-state index in [9.17, 15) is 0 Å². The van der Waals surface area contributed by atoms with E-state index in [1.54, 1.807) is 11.8 Å². The SMILES string of the molecule is COc1ccc2c(OC(C)C)cc(-n3ccc(NC(C)C)n3)nc2c1C. The molecule has 6 heteroatoms. The Kier molecular flexibility index (Phi) is 5.02. The topological polar surface area (TPSA) is 61.2 Å². The second-order valence-corrected chi connectivity index (χ2v) is 6.88. The normalized spacial score (nSPS) is 11.4. The molecule has 2 heterocycles. The van der Waals surface area contributed by atoms with Gasteiger partial charge in [-0.05, 0) is 46.8 Å². The number of aromatic nitrogens is 3. The molecule has 26 heavy (non-hydrogen) atoms. The molecule has 3 aromatic rings. The number of nitrogens with one attached hydrogen (secondary N) is 1. The van der Waals surface area contributed by atoms with E-state index in [-0.39, 0.29) is 6.10 Å². The summed E-state index contributed by atoms with van der Waals surface area (Å²) in [6, 6.07) is 8.12. The van der Waals surface area contributed by atoms with Crippen molar-refractivity contribution >= 4 is 16.7 Å². The van der Waals surface area contributed by atoms with Gasteiger partial charge in [0, 0.05) is 35.3 Å². The molecular formula is C20H26N4O2. The second kappa shape index (κ2) is 7.23. The highest BCUT2D eigenvalue weighted by Gasteiger charge is 2.15. The lowest BCUT2D eigenvalue weighted by atomic mass is 10.1. The molecule has 0 aliphatic carbocycles. The van der Waals surface area contributed by atoms with Gasteiger partial charge in [-0.1, -0.05) is 0 Å². The van der Waals surface area contributed by atoms with Crippen molar-refractivity contribution in [3.8, 4) is 17.3 Å². The van der Waals surface area contributed by atoms with Crippen LogP contribution in [0.4, 0.5) is 5.82 Å². The Bertz CT molecular complexity index is 916. The maximum atomic E-state index is 6.05. The standard InChI is InChI=1S/C20H26N4O2/c1-12(2)21-18-9-10-24(23-18)19-11-17(26-13(3)4)15-7-8-16(25-6)14(5)20(15)22-19/h7-13H,1-6H3,(H,21,23). The predicted octanol–water partition coefficient (Wildman–Crippen LogP) is 4.35. The summed E-state index contributed by atoms with van der Waals surface area (Å²) in [5.74, 6) is 3.12. The van der Waals surface area contributed by atoms with Gasteiger partial charge in [0.05, 0.1) is 18.7 Å². The smallest absolute Gasteiger partial charge is 0.157 e. The maximum Gasteiger partial charge on any atom is 0.157 e. The largest absolute Gasteiger partial charge is 0.496 e. The minimum absolute atomic E-state index is 0.0617. The van der Waals surface area contributed by atoms with Gasteiger partial charge >= 0.3 is 0 Å². The summed E-state index contributed by atoms with van der Waals surface area (Å²) in [6.07, 6.45) is 1.96. The van der Waals surface area contributed by atoms with Crippen LogP contribution in [0.5, 0.6) is 11.5 Å². The summed E-state index contributed by atoms with van der Waals surface area (Å²) < 4.78 is 13.3. The summed E-state index contributed by atoms with van der Waals surface area (Å²) in [4.78, 5) is 4.83. The van der Waals surface area contributed by atoms with Crippen LogP contribution < -0.4 is 14.8 Å². The van der Waals surface area contributed by atoms with Crippen molar-refractivity contribution in [2.45, 2.75) is 46.8 Å². The molecule has 2 aromatic heterocycles. The monoisotopic (exact) mass is 354 g/mol. The first-order chi connectivity index (χ1) is 12.4. The zero-order chi connectivity index (χ0) is 18.8. The highest BCUT2D eigenvalue weighted by molar-refractivity contribution is 5.90. The molecule has 0 aliphatic rings. The lowest BCUT2D eigenvalue weighted by Crippen LogP contribution is -2.11. The maximum absolute atomic E-state index is 6.05. The van der Waals surface area contributed by atoms with E-state index in [4.69, 9.17) is 14.5 Å². The number of anilines is 1. The molecule has 138 valence electrons. The average molecular weight is 354 g/mol. The van der Waals surface area contributed by atoms with E-state index in [1.807, 2.05) is 51.2 Å². The third-order valence-electron chi connectivity index (χ3n) is 3.98. The van der Waals surface area contributed by atoms with Gasteiger partial charge in [-0.3, -0.25) is 0 Å². The number of benzene rings is 1. The molecule has 0 amide bonds. The van der Waals surface area contributed by atoms with Gasteiger partial charge in [0.15, 0.2) is 5.82 Å². The van der Waals surface area contributed by atoms with Gasteiger partial charge in [-0.2, -0.15) is 0 Å². The number of pyridine rings is 1. The highest BCUT2D eigenvalue weighted by atomic mass is 16.5. The number of methoxy groups -OCH3 is 1. The van der Waals surface area contributed by atoms with E-state index in [0.717, 1.165) is 33.8 Å². The summed E-state index contributed by atoms with van der Waals surface area (Å²) in [5, 5.41) is 8.84. The molecule has 3 rings (SSSR count). The summed E-state index contributed by atoms with van der Waals surface area (Å²) in [7, 11) is 1.67. The van der Waals surface area contributed by atoms with Crippen LogP contribution in [0.1, 0.15) is 33.3 Å². The molecule has 0 fully saturated rings. The number of fused-ring (bicyclic) bond motifs is 1. The molecular weight excluding hydrogens is 328 g/mol. The summed E-state index contributed by atoms with van der Waals surface area (Å²) >= 11 is 0. The quantitative estimate of drug-likeness (QED) is 0.713. The van der Waals surface area contributed by atoms with Crippen LogP contribution in [0, 0.1) is 6.92 Å². The molecule has 0 bridgehead atoms. The van der Waals surface area contributed by atoms with Gasteiger partial charge < -0.3 is 14.8 Å². The Morgan fingerprint density at radius 3 is 2.50 bits per heavy atom. The Morgan fingerprint density at radius 1 is 1.08 bits per heavy atom. The Balaban J connectivity index is 2.15. The lowest BCUT2D eigenvalue weighted by molar-refractivity contribution is 0.245. The van der Waals surface area contributed by atoms with Crippen molar-refractivity contribution in [1.29, 1.82) is 0 Å². The number of aryl methyl sites for hydroxylation is 1. The fraction of sp³-hybridized carbons (Fsp3) is 0.400. The van der Waals surface area contributed by atoms with Crippen LogP contribution in [0.3, 0.4) is 0 Å². The fourth-order valence-corrected chi connectivity index (χ4v) is 2.88. The zero-order valence-electron chi connectivity index (χ0n) is 16.2. The fourth-order valence-electron chi connectivity index (χ4n) is 2.88. The van der Waals surface area contributed by atoms with Crippen molar-refractivity contribution in [2.75, 3.05) is 12.4 Å². The minimum atomic E-state index is 0.0617. The van der Waals surface area contributed by atoms with E-state index in [1.165, 1.54) is 0 Å². The first-order valence-corrected chi connectivity index (χ1v) is 8.86. The number of hydrogen-bond donors (Lipinski definition) is 1. The molecule has 0 aliphatic heterocycles. The molecule has 0 saturated carbocycles. The number of ether oxygens (including phenoxy) is 2. The summed E-state index contributed by atoms with van der Waals surface area (Å²) in [5.41, 5.74) is 1.83. The first-order valence-electron chi connectivity index (χ1n) is 8.86. The summed E-state index contributed by atoms with van der Waals surface area (Å²) in [6.45, 7) is 10.2. The van der Waals surface area contributed by atoms with Gasteiger partial charge in [-0.25, -0.2) is 9.67 Å². The molecule has 0 atom stereocenters. The molecule has 1 aromatic carbocycles. The van der Waals surface area contributed by atoms with Crippen LogP contribution in [0.15, 0.2) is 30.5 Å².